The van der Waals surface area contributed by atoms with E-state index in [0.717, 1.165) is 0 Å². The van der Waals surface area contributed by atoms with Crippen molar-refractivity contribution in [2.75, 3.05) is 10.6 Å². The van der Waals surface area contributed by atoms with E-state index < -0.39 is 17.8 Å². The van der Waals surface area contributed by atoms with Crippen LogP contribution in [0, 0.1) is 11.6 Å². The van der Waals surface area contributed by atoms with Gasteiger partial charge in [-0.25, -0.2) is 8.78 Å². The highest BCUT2D eigenvalue weighted by molar-refractivity contribution is 6.31. The molecule has 0 spiro atoms. The molecule has 3 nitrogen and oxygen atoms in total. The van der Waals surface area contributed by atoms with E-state index in [-0.39, 0.29) is 16.4 Å². The summed E-state index contributed by atoms with van der Waals surface area (Å²) in [6, 6.07) is 7.46. The molecule has 0 saturated carbocycles. The molecule has 1 aliphatic rings. The molecule has 0 radical (unpaired) electrons. The Morgan fingerprint density at radius 1 is 1.14 bits per heavy atom. The van der Waals surface area contributed by atoms with E-state index in [2.05, 4.69) is 0 Å². The van der Waals surface area contributed by atoms with E-state index in [1.807, 2.05) is 0 Å². The largest absolute Gasteiger partial charge is 0.396 e. The van der Waals surface area contributed by atoms with E-state index in [1.54, 1.807) is 30.5 Å². The summed E-state index contributed by atoms with van der Waals surface area (Å²) < 4.78 is 27.6. The average Bonchev–Trinajstić information content (AvgIpc) is 2.47. The Balaban J connectivity index is 2.10. The molecule has 21 heavy (non-hydrogen) atoms. The van der Waals surface area contributed by atoms with Gasteiger partial charge in [0.25, 0.3) is 0 Å². The lowest BCUT2D eigenvalue weighted by Gasteiger charge is -2.33. The summed E-state index contributed by atoms with van der Waals surface area (Å²) >= 11 is 5.79. The maximum absolute atomic E-state index is 14.1. The minimum absolute atomic E-state index is 0.0116. The number of benzene rings is 2. The minimum Gasteiger partial charge on any atom is -0.396 e. The van der Waals surface area contributed by atoms with Gasteiger partial charge in [0.05, 0.1) is 16.4 Å². The predicted octanol–water partition coefficient (Wildman–Crippen LogP) is 3.65. The molecule has 3 rings (SSSR count). The topological polar surface area (TPSA) is 55.3 Å². The molecule has 0 amide bonds. The third-order valence-corrected chi connectivity index (χ3v) is 3.79. The highest BCUT2D eigenvalue weighted by Crippen LogP contribution is 2.36. The zero-order valence-corrected chi connectivity index (χ0v) is 11.6. The van der Waals surface area contributed by atoms with Crippen LogP contribution >= 0.6 is 11.6 Å². The predicted molar refractivity (Wildman–Crippen MR) is 80.7 cm³/mol. The smallest absolute Gasteiger partial charge is 0.165 e. The van der Waals surface area contributed by atoms with Gasteiger partial charge in [-0.1, -0.05) is 23.7 Å². The summed E-state index contributed by atoms with van der Waals surface area (Å²) in [5.41, 5.74) is 13.3. The maximum atomic E-state index is 14.1. The standard InChI is InChI=1S/C15H12ClF2N3/c16-10-2-1-3-12(13(10)18)21-7-6-8-9(15(21)20)4-5-11(17)14(8)19/h1-7,15H,19-20H2. The van der Waals surface area contributed by atoms with Gasteiger partial charge in [-0.15, -0.1) is 0 Å². The molecule has 1 unspecified atom stereocenters. The van der Waals surface area contributed by atoms with Crippen LogP contribution in [0.4, 0.5) is 20.2 Å². The van der Waals surface area contributed by atoms with E-state index in [0.29, 0.717) is 11.1 Å². The SMILES string of the molecule is Nc1c(F)ccc2c1C=CN(c1cccc(Cl)c1F)C2N. The molecular weight excluding hydrogens is 296 g/mol. The van der Waals surface area contributed by atoms with Crippen molar-refractivity contribution >= 4 is 29.1 Å². The number of nitrogen functional groups attached to an aromatic ring is 1. The molecule has 0 fully saturated rings. The number of halogens is 3. The second kappa shape index (κ2) is 5.02. The van der Waals surface area contributed by atoms with Crippen LogP contribution in [0.3, 0.4) is 0 Å². The molecule has 2 aromatic carbocycles. The molecule has 0 aliphatic carbocycles. The van der Waals surface area contributed by atoms with Gasteiger partial charge in [0.2, 0.25) is 0 Å². The molecular formula is C15H12ClF2N3. The lowest BCUT2D eigenvalue weighted by atomic mass is 9.98. The van der Waals surface area contributed by atoms with E-state index in [9.17, 15) is 8.78 Å². The maximum Gasteiger partial charge on any atom is 0.165 e. The first kappa shape index (κ1) is 13.9. The number of rotatable bonds is 1. The number of hydrogen-bond donors (Lipinski definition) is 2. The average molecular weight is 308 g/mol. The van der Waals surface area contributed by atoms with Crippen molar-refractivity contribution in [2.45, 2.75) is 6.17 Å². The van der Waals surface area contributed by atoms with Crippen molar-refractivity contribution in [1.82, 2.24) is 0 Å². The fraction of sp³-hybridized carbons (Fsp3) is 0.0667. The normalized spacial score (nSPS) is 17.0. The number of nitrogens with zero attached hydrogens (tertiary/aromatic N) is 1. The Hall–Kier alpha value is -2.11. The fourth-order valence-electron chi connectivity index (χ4n) is 2.39. The molecule has 1 aliphatic heterocycles. The first-order valence-electron chi connectivity index (χ1n) is 6.24. The Labute approximate surface area is 125 Å². The third kappa shape index (κ3) is 2.14. The Kier molecular flexibility index (Phi) is 3.31. The summed E-state index contributed by atoms with van der Waals surface area (Å²) in [5.74, 6) is -1.06. The lowest BCUT2D eigenvalue weighted by Crippen LogP contribution is -2.33. The molecule has 1 atom stereocenters. The second-order valence-corrected chi connectivity index (χ2v) is 5.11. The molecule has 108 valence electrons. The Morgan fingerprint density at radius 2 is 1.90 bits per heavy atom. The molecule has 0 saturated heterocycles. The quantitative estimate of drug-likeness (QED) is 0.791. The van der Waals surface area contributed by atoms with Gasteiger partial charge in [-0.3, -0.25) is 0 Å². The van der Waals surface area contributed by atoms with Crippen LogP contribution in [0.25, 0.3) is 6.08 Å². The Bertz CT molecular complexity index is 746. The molecule has 6 heteroatoms. The van der Waals surface area contributed by atoms with E-state index in [4.69, 9.17) is 23.1 Å². The first-order chi connectivity index (χ1) is 10.0. The number of anilines is 2. The van der Waals surface area contributed by atoms with Crippen LogP contribution < -0.4 is 16.4 Å². The third-order valence-electron chi connectivity index (χ3n) is 3.50. The van der Waals surface area contributed by atoms with E-state index in [1.165, 1.54) is 17.0 Å². The second-order valence-electron chi connectivity index (χ2n) is 4.70. The molecule has 0 aromatic heterocycles. The van der Waals surface area contributed by atoms with Gasteiger partial charge >= 0.3 is 0 Å². The highest BCUT2D eigenvalue weighted by atomic mass is 35.5. The molecule has 2 aromatic rings. The Morgan fingerprint density at radius 3 is 2.67 bits per heavy atom. The van der Waals surface area contributed by atoms with Gasteiger partial charge in [0, 0.05) is 11.8 Å². The van der Waals surface area contributed by atoms with Crippen LogP contribution in [-0.2, 0) is 0 Å². The van der Waals surface area contributed by atoms with Crippen LogP contribution in [-0.4, -0.2) is 0 Å². The van der Waals surface area contributed by atoms with Crippen molar-refractivity contribution < 1.29 is 8.78 Å². The van der Waals surface area contributed by atoms with E-state index >= 15 is 0 Å². The fourth-order valence-corrected chi connectivity index (χ4v) is 2.56. The van der Waals surface area contributed by atoms with Gasteiger partial charge in [0.15, 0.2) is 5.82 Å². The zero-order chi connectivity index (χ0) is 15.1. The van der Waals surface area contributed by atoms with Crippen molar-refractivity contribution in [3.8, 4) is 0 Å². The first-order valence-corrected chi connectivity index (χ1v) is 6.62. The molecule has 0 bridgehead atoms. The summed E-state index contributed by atoms with van der Waals surface area (Å²) in [5, 5.41) is 0.0116. The molecule has 4 N–H and O–H groups in total. The summed E-state index contributed by atoms with van der Waals surface area (Å²) in [4.78, 5) is 1.53. The van der Waals surface area contributed by atoms with Crippen LogP contribution in [0.15, 0.2) is 36.5 Å². The highest BCUT2D eigenvalue weighted by Gasteiger charge is 2.25. The van der Waals surface area contributed by atoms with Gasteiger partial charge in [-0.05, 0) is 29.8 Å². The number of nitrogens with two attached hydrogens (primary N) is 2. The summed E-state index contributed by atoms with van der Waals surface area (Å²) in [6.07, 6.45) is 2.50. The summed E-state index contributed by atoms with van der Waals surface area (Å²) in [7, 11) is 0. The van der Waals surface area contributed by atoms with Crippen molar-refractivity contribution in [2.24, 2.45) is 5.73 Å². The lowest BCUT2D eigenvalue weighted by molar-refractivity contribution is 0.609. The van der Waals surface area contributed by atoms with Gasteiger partial charge in [0.1, 0.15) is 12.0 Å². The van der Waals surface area contributed by atoms with Crippen LogP contribution in [0.2, 0.25) is 5.02 Å². The van der Waals surface area contributed by atoms with Gasteiger partial charge in [-0.2, -0.15) is 0 Å². The van der Waals surface area contributed by atoms with Crippen LogP contribution in [0.1, 0.15) is 17.3 Å². The minimum atomic E-state index is -0.680. The number of hydrogen-bond acceptors (Lipinski definition) is 3. The monoisotopic (exact) mass is 307 g/mol. The summed E-state index contributed by atoms with van der Waals surface area (Å²) in [6.45, 7) is 0. The number of fused-ring (bicyclic) bond motifs is 1. The van der Waals surface area contributed by atoms with Crippen molar-refractivity contribution in [1.29, 1.82) is 0 Å². The molecule has 1 heterocycles. The zero-order valence-electron chi connectivity index (χ0n) is 10.9. The van der Waals surface area contributed by atoms with Crippen molar-refractivity contribution in [3.63, 3.8) is 0 Å². The van der Waals surface area contributed by atoms with Crippen LogP contribution in [0.5, 0.6) is 0 Å². The van der Waals surface area contributed by atoms with Gasteiger partial charge < -0.3 is 16.4 Å². The van der Waals surface area contributed by atoms with Crippen molar-refractivity contribution in [3.05, 3.63) is 64.3 Å².